The predicted molar refractivity (Wildman–Crippen MR) is 87.5 cm³/mol. The number of likely N-dealkylation sites (tertiary alicyclic amines) is 1. The first-order valence-corrected chi connectivity index (χ1v) is 8.05. The Labute approximate surface area is 128 Å². The van der Waals surface area contributed by atoms with Crippen molar-refractivity contribution in [3.05, 3.63) is 23.9 Å². The maximum Gasteiger partial charge on any atom is 0.127 e. The summed E-state index contributed by atoms with van der Waals surface area (Å²) in [6, 6.07) is 5.07. The minimum atomic E-state index is 0.728. The van der Waals surface area contributed by atoms with E-state index < -0.39 is 0 Å². The van der Waals surface area contributed by atoms with Crippen LogP contribution in [-0.2, 0) is 6.54 Å². The minimum absolute atomic E-state index is 0.728. The van der Waals surface area contributed by atoms with Gasteiger partial charge in [-0.15, -0.1) is 0 Å². The van der Waals surface area contributed by atoms with E-state index in [0.29, 0.717) is 0 Å². The predicted octanol–water partition coefficient (Wildman–Crippen LogP) is 1.92. The lowest BCUT2D eigenvalue weighted by Crippen LogP contribution is -2.36. The van der Waals surface area contributed by atoms with Gasteiger partial charge in [-0.05, 0) is 50.4 Å². The second-order valence-electron chi connectivity index (χ2n) is 7.15. The molecule has 0 N–H and O–H groups in total. The number of aromatic nitrogens is 1. The molecule has 0 amide bonds. The first kappa shape index (κ1) is 14.8. The van der Waals surface area contributed by atoms with E-state index in [1.807, 2.05) is 25.2 Å². The van der Waals surface area contributed by atoms with E-state index in [1.165, 1.54) is 31.5 Å². The summed E-state index contributed by atoms with van der Waals surface area (Å²) in [5.41, 5.74) is 1.33. The van der Waals surface area contributed by atoms with E-state index in [1.54, 1.807) is 0 Å². The van der Waals surface area contributed by atoms with Crippen LogP contribution in [0.2, 0.25) is 0 Å². The van der Waals surface area contributed by atoms with Crippen LogP contribution in [-0.4, -0.2) is 62.1 Å². The van der Waals surface area contributed by atoms with Crippen LogP contribution < -0.4 is 4.90 Å². The molecule has 2 unspecified atom stereocenters. The highest BCUT2D eigenvalue weighted by molar-refractivity contribution is 5.37. The highest BCUT2D eigenvalue weighted by atomic mass is 15.2. The van der Waals surface area contributed by atoms with Crippen molar-refractivity contribution < 1.29 is 0 Å². The molecular weight excluding hydrogens is 260 g/mol. The summed E-state index contributed by atoms with van der Waals surface area (Å²) in [7, 11) is 8.53. The van der Waals surface area contributed by atoms with Gasteiger partial charge in [0.05, 0.1) is 0 Å². The Morgan fingerprint density at radius 2 is 1.90 bits per heavy atom. The molecule has 4 nitrogen and oxygen atoms in total. The van der Waals surface area contributed by atoms with Gasteiger partial charge < -0.3 is 9.80 Å². The molecule has 2 atom stereocenters. The van der Waals surface area contributed by atoms with Crippen LogP contribution in [0.3, 0.4) is 0 Å². The third-order valence-electron chi connectivity index (χ3n) is 4.97. The summed E-state index contributed by atoms with van der Waals surface area (Å²) in [6.07, 6.45) is 4.92. The van der Waals surface area contributed by atoms with Crippen LogP contribution in [0.5, 0.6) is 0 Å². The zero-order valence-corrected chi connectivity index (χ0v) is 13.8. The van der Waals surface area contributed by atoms with Gasteiger partial charge in [-0.1, -0.05) is 6.07 Å². The van der Waals surface area contributed by atoms with Gasteiger partial charge in [0.2, 0.25) is 0 Å². The smallest absolute Gasteiger partial charge is 0.127 e. The van der Waals surface area contributed by atoms with Crippen molar-refractivity contribution in [2.24, 2.45) is 11.8 Å². The van der Waals surface area contributed by atoms with Crippen LogP contribution in [0.25, 0.3) is 0 Å². The molecule has 0 bridgehead atoms. The van der Waals surface area contributed by atoms with Gasteiger partial charge in [0, 0.05) is 46.0 Å². The molecular formula is C17H28N4. The summed E-state index contributed by atoms with van der Waals surface area (Å²) in [4.78, 5) is 11.6. The van der Waals surface area contributed by atoms with Gasteiger partial charge in [0.15, 0.2) is 0 Å². The maximum atomic E-state index is 4.53. The highest BCUT2D eigenvalue weighted by Gasteiger charge is 2.43. The van der Waals surface area contributed by atoms with E-state index in [2.05, 4.69) is 41.0 Å². The molecule has 4 heteroatoms. The average Bonchev–Trinajstić information content (AvgIpc) is 3.20. The Morgan fingerprint density at radius 3 is 2.43 bits per heavy atom. The second kappa shape index (κ2) is 5.93. The van der Waals surface area contributed by atoms with Gasteiger partial charge in [0.1, 0.15) is 5.82 Å². The van der Waals surface area contributed by atoms with Crippen LogP contribution in [0.4, 0.5) is 5.82 Å². The van der Waals surface area contributed by atoms with Crippen molar-refractivity contribution in [1.29, 1.82) is 0 Å². The van der Waals surface area contributed by atoms with Crippen molar-refractivity contribution in [3.8, 4) is 0 Å². The van der Waals surface area contributed by atoms with Gasteiger partial charge in [-0.25, -0.2) is 4.98 Å². The number of hydrogen-bond acceptors (Lipinski definition) is 4. The number of nitrogens with zero attached hydrogens (tertiary/aromatic N) is 4. The third-order valence-corrected chi connectivity index (χ3v) is 4.97. The number of anilines is 1. The number of hydrogen-bond donors (Lipinski definition) is 0. The Morgan fingerprint density at radius 1 is 1.14 bits per heavy atom. The SMILES string of the molecule is CN(C)c1ccc(CN2CC(C3CC3)C(N(C)C)C2)cn1. The fraction of sp³-hybridized carbons (Fsp3) is 0.706. The normalized spacial score (nSPS) is 26.5. The topological polar surface area (TPSA) is 22.6 Å². The third kappa shape index (κ3) is 3.38. The molecule has 1 aliphatic heterocycles. The molecule has 2 fully saturated rings. The lowest BCUT2D eigenvalue weighted by molar-refractivity contribution is 0.233. The van der Waals surface area contributed by atoms with E-state index in [9.17, 15) is 0 Å². The second-order valence-corrected chi connectivity index (χ2v) is 7.15. The molecule has 0 radical (unpaired) electrons. The van der Waals surface area contributed by atoms with Crippen LogP contribution in [0, 0.1) is 11.8 Å². The molecule has 21 heavy (non-hydrogen) atoms. The van der Waals surface area contributed by atoms with Gasteiger partial charge in [0.25, 0.3) is 0 Å². The van der Waals surface area contributed by atoms with Crippen LogP contribution >= 0.6 is 0 Å². The molecule has 1 saturated heterocycles. The fourth-order valence-corrected chi connectivity index (χ4v) is 3.59. The molecule has 1 aliphatic carbocycles. The summed E-state index contributed by atoms with van der Waals surface area (Å²) in [6.45, 7) is 3.49. The van der Waals surface area contributed by atoms with E-state index in [4.69, 9.17) is 0 Å². The Bertz CT molecular complexity index is 454. The quantitative estimate of drug-likeness (QED) is 0.825. The van der Waals surface area contributed by atoms with Crippen molar-refractivity contribution in [1.82, 2.24) is 14.8 Å². The molecule has 1 aromatic rings. The van der Waals surface area contributed by atoms with E-state index >= 15 is 0 Å². The van der Waals surface area contributed by atoms with Crippen LogP contribution in [0.15, 0.2) is 18.3 Å². The largest absolute Gasteiger partial charge is 0.363 e. The first-order valence-electron chi connectivity index (χ1n) is 8.05. The lowest BCUT2D eigenvalue weighted by Gasteiger charge is -2.25. The lowest BCUT2D eigenvalue weighted by atomic mass is 9.97. The molecule has 0 spiro atoms. The number of rotatable bonds is 5. The molecule has 1 saturated carbocycles. The van der Waals surface area contributed by atoms with Crippen molar-refractivity contribution in [2.75, 3.05) is 46.2 Å². The summed E-state index contributed by atoms with van der Waals surface area (Å²) in [5.74, 6) is 2.88. The standard InChI is InChI=1S/C17H28N4/c1-19(2)16-12-21(11-15(16)14-6-7-14)10-13-5-8-17(18-9-13)20(3)4/h5,8-9,14-16H,6-7,10-12H2,1-4H3. The fourth-order valence-electron chi connectivity index (χ4n) is 3.59. The Kier molecular flexibility index (Phi) is 4.18. The first-order chi connectivity index (χ1) is 10.0. The Hall–Kier alpha value is -1.13. The van der Waals surface area contributed by atoms with Crippen molar-refractivity contribution in [2.45, 2.75) is 25.4 Å². The molecule has 0 aromatic carbocycles. The molecule has 1 aromatic heterocycles. The van der Waals surface area contributed by atoms with E-state index in [0.717, 1.165) is 30.2 Å². The highest BCUT2D eigenvalue weighted by Crippen LogP contribution is 2.42. The Balaban J connectivity index is 1.62. The van der Waals surface area contributed by atoms with Crippen molar-refractivity contribution in [3.63, 3.8) is 0 Å². The average molecular weight is 288 g/mol. The van der Waals surface area contributed by atoms with E-state index in [-0.39, 0.29) is 0 Å². The van der Waals surface area contributed by atoms with Gasteiger partial charge in [-0.3, -0.25) is 4.90 Å². The zero-order chi connectivity index (χ0) is 15.0. The van der Waals surface area contributed by atoms with Gasteiger partial charge in [-0.2, -0.15) is 0 Å². The summed E-state index contributed by atoms with van der Waals surface area (Å²) in [5, 5.41) is 0. The van der Waals surface area contributed by atoms with Crippen LogP contribution in [0.1, 0.15) is 18.4 Å². The van der Waals surface area contributed by atoms with Crippen molar-refractivity contribution >= 4 is 5.82 Å². The monoisotopic (exact) mass is 288 g/mol. The molecule has 2 aliphatic rings. The minimum Gasteiger partial charge on any atom is -0.363 e. The molecule has 2 heterocycles. The van der Waals surface area contributed by atoms with Gasteiger partial charge >= 0.3 is 0 Å². The number of likely N-dealkylation sites (N-methyl/N-ethyl adjacent to an activating group) is 1. The summed E-state index contributed by atoms with van der Waals surface area (Å²) < 4.78 is 0. The molecule has 116 valence electrons. The molecule has 3 rings (SSSR count). The maximum absolute atomic E-state index is 4.53. The number of pyridine rings is 1. The summed E-state index contributed by atoms with van der Waals surface area (Å²) >= 11 is 0. The zero-order valence-electron chi connectivity index (χ0n) is 13.8.